The van der Waals surface area contributed by atoms with Crippen LogP contribution in [0.5, 0.6) is 0 Å². The van der Waals surface area contributed by atoms with Gasteiger partial charge in [-0.1, -0.05) is 130 Å². The minimum Gasteiger partial charge on any atom is -0.756 e. The lowest BCUT2D eigenvalue weighted by molar-refractivity contribution is -0.870. The van der Waals surface area contributed by atoms with Crippen molar-refractivity contribution in [3.63, 3.8) is 0 Å². The smallest absolute Gasteiger partial charge is 0.306 e. The number of phosphoric acid groups is 1. The fourth-order valence-corrected chi connectivity index (χ4v) is 4.70. The molecule has 0 aliphatic rings. The highest BCUT2D eigenvalue weighted by Crippen LogP contribution is 2.38. The van der Waals surface area contributed by atoms with Crippen molar-refractivity contribution in [1.82, 2.24) is 0 Å². The van der Waals surface area contributed by atoms with Crippen molar-refractivity contribution in [3.8, 4) is 0 Å². The molecule has 0 aromatic carbocycles. The number of likely N-dealkylation sites (N-methyl/N-ethyl adjacent to an activating group) is 1. The van der Waals surface area contributed by atoms with Gasteiger partial charge in [0.15, 0.2) is 6.10 Å². The molecule has 0 aromatic heterocycles. The number of ether oxygens (including phenoxy) is 2. The molecule has 2 unspecified atom stereocenters. The molecule has 50 heavy (non-hydrogen) atoms. The van der Waals surface area contributed by atoms with Crippen molar-refractivity contribution in [1.29, 1.82) is 0 Å². The van der Waals surface area contributed by atoms with Gasteiger partial charge >= 0.3 is 11.9 Å². The summed E-state index contributed by atoms with van der Waals surface area (Å²) in [5.74, 6) is -0.962. The summed E-state index contributed by atoms with van der Waals surface area (Å²) in [6.07, 6.45) is 40.3. The number of rotatable bonds is 30. The van der Waals surface area contributed by atoms with E-state index < -0.39 is 32.5 Å². The van der Waals surface area contributed by atoms with Crippen LogP contribution in [0, 0.1) is 0 Å². The van der Waals surface area contributed by atoms with Crippen LogP contribution in [0.3, 0.4) is 0 Å². The molecule has 0 fully saturated rings. The second-order valence-electron chi connectivity index (χ2n) is 12.7. The van der Waals surface area contributed by atoms with Crippen LogP contribution < -0.4 is 4.89 Å². The van der Waals surface area contributed by atoms with Gasteiger partial charge < -0.3 is 27.9 Å². The van der Waals surface area contributed by atoms with Gasteiger partial charge in [0.1, 0.15) is 19.8 Å². The monoisotopic (exact) mass is 717 g/mol. The van der Waals surface area contributed by atoms with E-state index in [9.17, 15) is 19.0 Å². The van der Waals surface area contributed by atoms with Crippen molar-refractivity contribution < 1.29 is 42.1 Å². The van der Waals surface area contributed by atoms with E-state index in [1.165, 1.54) is 0 Å². The Kier molecular flexibility index (Phi) is 29.9. The Bertz CT molecular complexity index is 1170. The standard InChI is InChI=1S/C40H64NO8P/c1-6-8-10-12-14-16-18-20-22-24-26-28-30-32-39(42)46-36-38(37-48-50(44,45)47-35-34-41(3,4)5)49-40(43)33-31-29-27-25-23-21-19-17-15-13-11-9-7-2/h8-20,22,24,26,38H,6-7,21,23,25,27-37H2,1-5H3/b10-8+,11-9+,14-12+,15-13+,18-16+,19-17+,22-20+,26-24+. The highest BCUT2D eigenvalue weighted by atomic mass is 31.2. The molecule has 282 valence electrons. The number of unbranched alkanes of at least 4 members (excludes halogenated alkanes) is 6. The highest BCUT2D eigenvalue weighted by molar-refractivity contribution is 7.45. The number of hydrogen-bond donors (Lipinski definition) is 0. The van der Waals surface area contributed by atoms with Crippen LogP contribution in [-0.2, 0) is 32.7 Å². The number of esters is 2. The molecular weight excluding hydrogens is 653 g/mol. The summed E-state index contributed by atoms with van der Waals surface area (Å²) in [4.78, 5) is 37.2. The number of nitrogens with zero attached hydrogens (tertiary/aromatic N) is 1. The van der Waals surface area contributed by atoms with Crippen LogP contribution in [0.25, 0.3) is 0 Å². The first kappa shape index (κ1) is 46.9. The number of carbonyl (C=O) groups is 2. The highest BCUT2D eigenvalue weighted by Gasteiger charge is 2.21. The third-order valence-corrected chi connectivity index (χ3v) is 7.75. The number of quaternary nitrogens is 1. The van der Waals surface area contributed by atoms with Crippen LogP contribution in [0.2, 0.25) is 0 Å². The molecule has 10 heteroatoms. The van der Waals surface area contributed by atoms with Gasteiger partial charge in [-0.05, 0) is 44.9 Å². The van der Waals surface area contributed by atoms with Gasteiger partial charge in [-0.15, -0.1) is 0 Å². The SMILES string of the molecule is CC/C=C/C=C/C=C/C=C/C=C/CCCC(=O)OCC(COP(=O)([O-])OCC[N+](C)(C)C)OC(=O)CCCCCCC/C=C/C=C/C=C/CC. The predicted octanol–water partition coefficient (Wildman–Crippen LogP) is 8.82. The molecule has 0 spiro atoms. The molecule has 0 N–H and O–H groups in total. The Hall–Kier alpha value is -3.07. The number of hydrogen-bond acceptors (Lipinski definition) is 8. The summed E-state index contributed by atoms with van der Waals surface area (Å²) in [7, 11) is 1.09. The average molecular weight is 718 g/mol. The zero-order valence-electron chi connectivity index (χ0n) is 31.3. The minimum atomic E-state index is -4.64. The van der Waals surface area contributed by atoms with Gasteiger partial charge in [-0.2, -0.15) is 0 Å². The first-order valence-electron chi connectivity index (χ1n) is 18.0. The van der Waals surface area contributed by atoms with E-state index in [0.717, 1.165) is 44.9 Å². The summed E-state index contributed by atoms with van der Waals surface area (Å²) in [5.41, 5.74) is 0. The Morgan fingerprint density at radius 2 is 1.10 bits per heavy atom. The largest absolute Gasteiger partial charge is 0.756 e. The zero-order valence-corrected chi connectivity index (χ0v) is 32.2. The molecule has 0 aliphatic heterocycles. The summed E-state index contributed by atoms with van der Waals surface area (Å²) < 4.78 is 33.6. The van der Waals surface area contributed by atoms with Gasteiger partial charge in [-0.25, -0.2) is 0 Å². The van der Waals surface area contributed by atoms with Gasteiger partial charge in [0.05, 0.1) is 27.7 Å². The second kappa shape index (κ2) is 31.9. The quantitative estimate of drug-likeness (QED) is 0.0238. The Morgan fingerprint density at radius 3 is 1.66 bits per heavy atom. The van der Waals surface area contributed by atoms with Crippen LogP contribution in [0.4, 0.5) is 0 Å². The Morgan fingerprint density at radius 1 is 0.620 bits per heavy atom. The first-order valence-corrected chi connectivity index (χ1v) is 19.5. The Labute approximate surface area is 303 Å². The summed E-state index contributed by atoms with van der Waals surface area (Å²) >= 11 is 0. The van der Waals surface area contributed by atoms with Crippen molar-refractivity contribution >= 4 is 19.8 Å². The first-order chi connectivity index (χ1) is 24.0. The molecule has 2 atom stereocenters. The summed E-state index contributed by atoms with van der Waals surface area (Å²) in [6, 6.07) is 0. The van der Waals surface area contributed by atoms with Crippen LogP contribution in [0.1, 0.15) is 90.9 Å². The number of phosphoric ester groups is 1. The van der Waals surface area contributed by atoms with Gasteiger partial charge in [-0.3, -0.25) is 14.2 Å². The normalized spacial score (nSPS) is 14.9. The molecule has 0 amide bonds. The van der Waals surface area contributed by atoms with Gasteiger partial charge in [0, 0.05) is 12.8 Å². The van der Waals surface area contributed by atoms with Crippen molar-refractivity contribution in [2.75, 3.05) is 47.5 Å². The van der Waals surface area contributed by atoms with E-state index in [0.29, 0.717) is 30.3 Å². The number of carbonyl (C=O) groups excluding carboxylic acids is 2. The molecule has 0 saturated carbocycles. The van der Waals surface area contributed by atoms with Crippen LogP contribution in [-0.4, -0.2) is 70.0 Å². The summed E-state index contributed by atoms with van der Waals surface area (Å²) in [6.45, 7) is 3.78. The average Bonchev–Trinajstić information content (AvgIpc) is 3.06. The molecule has 0 heterocycles. The number of allylic oxidation sites excluding steroid dienone is 16. The third-order valence-electron chi connectivity index (χ3n) is 6.79. The molecular formula is C40H64NO8P. The lowest BCUT2D eigenvalue weighted by atomic mass is 10.1. The lowest BCUT2D eigenvalue weighted by Gasteiger charge is -2.28. The predicted molar refractivity (Wildman–Crippen MR) is 203 cm³/mol. The zero-order chi connectivity index (χ0) is 37.2. The lowest BCUT2D eigenvalue weighted by Crippen LogP contribution is -2.37. The molecule has 0 radical (unpaired) electrons. The summed E-state index contributed by atoms with van der Waals surface area (Å²) in [5, 5.41) is 0. The minimum absolute atomic E-state index is 0.0527. The fraction of sp³-hybridized carbons (Fsp3) is 0.550. The van der Waals surface area contributed by atoms with E-state index >= 15 is 0 Å². The van der Waals surface area contributed by atoms with Crippen molar-refractivity contribution in [3.05, 3.63) is 97.2 Å². The van der Waals surface area contributed by atoms with E-state index in [4.69, 9.17) is 18.5 Å². The topological polar surface area (TPSA) is 111 Å². The molecule has 9 nitrogen and oxygen atoms in total. The maximum Gasteiger partial charge on any atom is 0.306 e. The van der Waals surface area contributed by atoms with E-state index in [1.807, 2.05) is 94.1 Å². The molecule has 0 aromatic rings. The maximum absolute atomic E-state index is 12.6. The van der Waals surface area contributed by atoms with Crippen molar-refractivity contribution in [2.24, 2.45) is 0 Å². The second-order valence-corrected chi connectivity index (χ2v) is 14.1. The van der Waals surface area contributed by atoms with Crippen LogP contribution in [0.15, 0.2) is 97.2 Å². The third kappa shape index (κ3) is 34.8. The molecule has 0 aliphatic carbocycles. The van der Waals surface area contributed by atoms with Crippen molar-refractivity contribution in [2.45, 2.75) is 97.0 Å². The van der Waals surface area contributed by atoms with E-state index in [1.54, 1.807) is 0 Å². The van der Waals surface area contributed by atoms with E-state index in [2.05, 4.69) is 38.2 Å². The van der Waals surface area contributed by atoms with Gasteiger partial charge in [0.25, 0.3) is 7.82 Å². The van der Waals surface area contributed by atoms with Gasteiger partial charge in [0.2, 0.25) is 0 Å². The van der Waals surface area contributed by atoms with Crippen LogP contribution >= 0.6 is 7.82 Å². The fourth-order valence-electron chi connectivity index (χ4n) is 3.98. The molecule has 0 bridgehead atoms. The van der Waals surface area contributed by atoms with E-state index in [-0.39, 0.29) is 26.1 Å². The molecule has 0 rings (SSSR count). The molecule has 0 saturated heterocycles. The Balaban J connectivity index is 4.66. The maximum atomic E-state index is 12.6.